The van der Waals surface area contributed by atoms with E-state index in [4.69, 9.17) is 21.4 Å². The van der Waals surface area contributed by atoms with E-state index in [2.05, 4.69) is 11.8 Å². The lowest BCUT2D eigenvalue weighted by Gasteiger charge is -2.06. The van der Waals surface area contributed by atoms with Crippen molar-refractivity contribution in [3.8, 4) is 0 Å². The number of hydrogen-bond acceptors (Lipinski definition) is 1. The number of hydrogen-bond donors (Lipinski definition) is 2. The number of halogens is 1. The van der Waals surface area contributed by atoms with Gasteiger partial charge in [0.2, 0.25) is 6.49 Å². The number of rotatable bonds is 1. The van der Waals surface area contributed by atoms with Gasteiger partial charge in [0.1, 0.15) is 0 Å². The smallest absolute Gasteiger partial charge is 0.214 e. The minimum Gasteiger partial charge on any atom is -0.342 e. The van der Waals surface area contributed by atoms with Crippen molar-refractivity contribution < 1.29 is 9.79 Å². The Bertz CT molecular complexity index is 292. The van der Waals surface area contributed by atoms with E-state index in [0.717, 1.165) is 0 Å². The molecule has 0 saturated heterocycles. The van der Waals surface area contributed by atoms with Crippen LogP contribution in [0.1, 0.15) is 0 Å². The fourth-order valence-corrected chi connectivity index (χ4v) is 1.66. The van der Waals surface area contributed by atoms with E-state index < -0.39 is 6.49 Å². The monoisotopic (exact) mass is 208 g/mol. The lowest BCUT2D eigenvalue weighted by atomic mass is 10.4. The first-order valence-electron chi connectivity index (χ1n) is 2.82. The summed E-state index contributed by atoms with van der Waals surface area (Å²) in [6.07, 6.45) is 0. The fourth-order valence-electron chi connectivity index (χ4n) is 0.635. The van der Waals surface area contributed by atoms with Crippen molar-refractivity contribution in [2.45, 2.75) is 0 Å². The second-order valence-electron chi connectivity index (χ2n) is 2.02. The molecular weight excluding hydrogens is 203 g/mol. The van der Waals surface area contributed by atoms with Gasteiger partial charge in [0.25, 0.3) is 0 Å². The molecule has 60 valence electrons. The summed E-state index contributed by atoms with van der Waals surface area (Å²) in [7, 11) is 0. The first kappa shape index (κ1) is 9.17. The zero-order chi connectivity index (χ0) is 8.48. The van der Waals surface area contributed by atoms with Gasteiger partial charge < -0.3 is 9.79 Å². The van der Waals surface area contributed by atoms with Gasteiger partial charge in [-0.05, 0) is 36.1 Å². The molecule has 0 aliphatic heterocycles. The molecule has 0 spiro atoms. The van der Waals surface area contributed by atoms with E-state index in [1.54, 1.807) is 12.1 Å². The van der Waals surface area contributed by atoms with Crippen LogP contribution in [0.5, 0.6) is 0 Å². The molecule has 0 aliphatic carbocycles. The van der Waals surface area contributed by atoms with Crippen LogP contribution in [0.15, 0.2) is 24.3 Å². The van der Waals surface area contributed by atoms with Gasteiger partial charge in [-0.15, -0.1) is 0 Å². The van der Waals surface area contributed by atoms with E-state index in [1.165, 1.54) is 12.1 Å². The van der Waals surface area contributed by atoms with Gasteiger partial charge in [-0.2, -0.15) is 0 Å². The quantitative estimate of drug-likeness (QED) is 0.683. The minimum atomic E-state index is -3.26. The predicted molar refractivity (Wildman–Crippen MR) is 49.8 cm³/mol. The lowest BCUT2D eigenvalue weighted by Crippen LogP contribution is -2.01. The Morgan fingerprint density at radius 3 is 2.00 bits per heavy atom. The van der Waals surface area contributed by atoms with Gasteiger partial charge in [-0.25, -0.2) is 0 Å². The molecule has 1 aromatic carbocycles. The highest BCUT2D eigenvalue weighted by Crippen LogP contribution is 2.33. The van der Waals surface area contributed by atoms with Crippen LogP contribution in [-0.4, -0.2) is 9.79 Å². The molecule has 0 saturated carbocycles. The fraction of sp³-hybridized carbons (Fsp3) is 0. The number of benzene rings is 1. The first-order chi connectivity index (χ1) is 5.00. The molecule has 5 heteroatoms. The van der Waals surface area contributed by atoms with Crippen molar-refractivity contribution in [2.24, 2.45) is 0 Å². The maximum atomic E-state index is 9.02. The summed E-state index contributed by atoms with van der Waals surface area (Å²) in [5, 5.41) is 0.911. The molecule has 11 heavy (non-hydrogen) atoms. The standard InChI is InChI=1S/C6H6ClO2PS/c7-5-1-3-6(4-2-5)10(8,9)11/h1-4H,(H2,8,9,11). The van der Waals surface area contributed by atoms with Crippen molar-refractivity contribution >= 4 is 35.2 Å². The molecule has 0 unspecified atom stereocenters. The van der Waals surface area contributed by atoms with Crippen molar-refractivity contribution in [3.63, 3.8) is 0 Å². The van der Waals surface area contributed by atoms with Gasteiger partial charge in [-0.1, -0.05) is 11.6 Å². The van der Waals surface area contributed by atoms with Crippen LogP contribution in [0.2, 0.25) is 5.02 Å². The molecule has 0 amide bonds. The van der Waals surface area contributed by atoms with E-state index in [9.17, 15) is 0 Å². The summed E-state index contributed by atoms with van der Waals surface area (Å²) in [6, 6.07) is 6.18. The summed E-state index contributed by atoms with van der Waals surface area (Å²) < 4.78 is 0. The lowest BCUT2D eigenvalue weighted by molar-refractivity contribution is 0.493. The maximum Gasteiger partial charge on any atom is 0.214 e. The van der Waals surface area contributed by atoms with Crippen LogP contribution in [0, 0.1) is 0 Å². The summed E-state index contributed by atoms with van der Waals surface area (Å²) in [5.41, 5.74) is 0. The highest BCUT2D eigenvalue weighted by atomic mass is 35.5. The summed E-state index contributed by atoms with van der Waals surface area (Å²) in [4.78, 5) is 18.0. The average Bonchev–Trinajstić information content (AvgIpc) is 1.86. The SMILES string of the molecule is OP(O)(=S)c1ccc(Cl)cc1. The van der Waals surface area contributed by atoms with Crippen LogP contribution >= 0.6 is 18.1 Å². The zero-order valence-corrected chi connectivity index (χ0v) is 7.90. The van der Waals surface area contributed by atoms with Crippen molar-refractivity contribution in [2.75, 3.05) is 0 Å². The third-order valence-corrected chi connectivity index (χ3v) is 3.02. The van der Waals surface area contributed by atoms with Gasteiger partial charge in [0.05, 0.1) is 0 Å². The molecule has 0 atom stereocenters. The van der Waals surface area contributed by atoms with Gasteiger partial charge in [-0.3, -0.25) is 0 Å². The van der Waals surface area contributed by atoms with Crippen LogP contribution in [-0.2, 0) is 11.8 Å². The largest absolute Gasteiger partial charge is 0.342 e. The van der Waals surface area contributed by atoms with Gasteiger partial charge in [0.15, 0.2) is 0 Å². The Hall–Kier alpha value is 0.0800. The predicted octanol–water partition coefficient (Wildman–Crippen LogP) is 1.26. The summed E-state index contributed by atoms with van der Waals surface area (Å²) >= 11 is 10.1. The molecule has 0 radical (unpaired) electrons. The molecule has 1 rings (SSSR count). The maximum absolute atomic E-state index is 9.02. The van der Waals surface area contributed by atoms with Crippen molar-refractivity contribution in [1.29, 1.82) is 0 Å². The molecule has 1 aromatic rings. The molecule has 2 N–H and O–H groups in total. The summed E-state index contributed by atoms with van der Waals surface area (Å²) in [5.74, 6) is 0. The molecule has 0 aliphatic rings. The topological polar surface area (TPSA) is 40.5 Å². The Kier molecular flexibility index (Phi) is 2.68. The Balaban J connectivity index is 3.09. The zero-order valence-electron chi connectivity index (χ0n) is 5.44. The van der Waals surface area contributed by atoms with Gasteiger partial charge >= 0.3 is 0 Å². The highest BCUT2D eigenvalue weighted by Gasteiger charge is 2.09. The van der Waals surface area contributed by atoms with E-state index in [0.29, 0.717) is 10.3 Å². The molecule has 0 heterocycles. The Morgan fingerprint density at radius 2 is 1.64 bits per heavy atom. The van der Waals surface area contributed by atoms with Crippen LogP contribution < -0.4 is 5.30 Å². The molecule has 0 bridgehead atoms. The third-order valence-electron chi connectivity index (χ3n) is 1.16. The van der Waals surface area contributed by atoms with Crippen molar-refractivity contribution in [3.05, 3.63) is 29.3 Å². The van der Waals surface area contributed by atoms with E-state index in [-0.39, 0.29) is 0 Å². The molecule has 0 aromatic heterocycles. The average molecular weight is 209 g/mol. The Morgan fingerprint density at radius 1 is 1.18 bits per heavy atom. The second kappa shape index (κ2) is 3.21. The van der Waals surface area contributed by atoms with E-state index in [1.807, 2.05) is 0 Å². The normalized spacial score (nSPS) is 11.5. The van der Waals surface area contributed by atoms with Crippen LogP contribution in [0.4, 0.5) is 0 Å². The third kappa shape index (κ3) is 2.55. The molecular formula is C6H6ClO2PS. The van der Waals surface area contributed by atoms with Crippen LogP contribution in [0.25, 0.3) is 0 Å². The second-order valence-corrected chi connectivity index (χ2v) is 5.59. The molecule has 0 fully saturated rings. The van der Waals surface area contributed by atoms with Gasteiger partial charge in [0, 0.05) is 10.3 Å². The minimum absolute atomic E-state index is 0.358. The first-order valence-corrected chi connectivity index (χ1v) is 5.90. The summed E-state index contributed by atoms with van der Waals surface area (Å²) in [6.45, 7) is -3.26. The Labute approximate surface area is 74.6 Å². The van der Waals surface area contributed by atoms with Crippen LogP contribution in [0.3, 0.4) is 0 Å². The van der Waals surface area contributed by atoms with E-state index >= 15 is 0 Å². The highest BCUT2D eigenvalue weighted by molar-refractivity contribution is 8.12. The van der Waals surface area contributed by atoms with Crippen molar-refractivity contribution in [1.82, 2.24) is 0 Å². The molecule has 2 nitrogen and oxygen atoms in total.